The topological polar surface area (TPSA) is 119 Å². The molecule has 7 nitrogen and oxygen atoms in total. The number of ether oxygens (including phenoxy) is 1. The van der Waals surface area contributed by atoms with Crippen molar-refractivity contribution in [2.75, 3.05) is 0 Å². The normalized spacial score (nSPS) is 20.5. The van der Waals surface area contributed by atoms with Crippen LogP contribution in [0.5, 0.6) is 0 Å². The summed E-state index contributed by atoms with van der Waals surface area (Å²) in [5.74, 6) is -0.701. The predicted octanol–water partition coefficient (Wildman–Crippen LogP) is 2.02. The third-order valence-electron chi connectivity index (χ3n) is 3.82. The number of nitrogens with zero attached hydrogens (tertiary/aromatic N) is 2. The quantitative estimate of drug-likeness (QED) is 0.658. The van der Waals surface area contributed by atoms with Gasteiger partial charge < -0.3 is 10.5 Å². The number of hydrogen-bond donors (Lipinski definition) is 1. The highest BCUT2D eigenvalue weighted by Gasteiger charge is 2.41. The number of Topliss-reactive ketones (excluding diaryl/α,β-unsaturated/α-hetero) is 1. The molecule has 1 aromatic rings. The van der Waals surface area contributed by atoms with Gasteiger partial charge in [-0.3, -0.25) is 14.9 Å². The van der Waals surface area contributed by atoms with Crippen LogP contribution in [0, 0.1) is 21.4 Å². The van der Waals surface area contributed by atoms with Crippen molar-refractivity contribution in [3.8, 4) is 6.07 Å². The zero-order valence-corrected chi connectivity index (χ0v) is 11.4. The molecule has 0 bridgehead atoms. The van der Waals surface area contributed by atoms with E-state index in [9.17, 15) is 20.2 Å². The van der Waals surface area contributed by atoms with Crippen LogP contribution in [0.15, 0.2) is 47.1 Å². The van der Waals surface area contributed by atoms with Crippen molar-refractivity contribution in [1.82, 2.24) is 0 Å². The second-order valence-corrected chi connectivity index (χ2v) is 5.00. The highest BCUT2D eigenvalue weighted by atomic mass is 16.6. The number of benzene rings is 1. The van der Waals surface area contributed by atoms with Crippen LogP contribution in [0.4, 0.5) is 5.69 Å². The number of rotatable bonds is 2. The average Bonchev–Trinajstić information content (AvgIpc) is 2.86. The molecule has 1 aromatic carbocycles. The van der Waals surface area contributed by atoms with Crippen molar-refractivity contribution >= 4 is 11.5 Å². The highest BCUT2D eigenvalue weighted by Crippen LogP contribution is 2.46. The smallest absolute Gasteiger partial charge is 0.273 e. The Morgan fingerprint density at radius 3 is 2.77 bits per heavy atom. The van der Waals surface area contributed by atoms with Crippen molar-refractivity contribution in [3.05, 3.63) is 62.7 Å². The highest BCUT2D eigenvalue weighted by molar-refractivity contribution is 6.01. The third kappa shape index (κ3) is 1.93. The van der Waals surface area contributed by atoms with E-state index >= 15 is 0 Å². The zero-order chi connectivity index (χ0) is 15.9. The fraction of sp³-hybridized carbons (Fsp3) is 0.200. The number of nitro groups is 1. The molecule has 1 aliphatic heterocycles. The van der Waals surface area contributed by atoms with E-state index in [0.29, 0.717) is 17.8 Å². The van der Waals surface area contributed by atoms with Crippen LogP contribution < -0.4 is 5.73 Å². The molecule has 1 atom stereocenters. The second-order valence-electron chi connectivity index (χ2n) is 5.00. The molecule has 22 heavy (non-hydrogen) atoms. The average molecular weight is 297 g/mol. The molecule has 7 heteroatoms. The van der Waals surface area contributed by atoms with Gasteiger partial charge in [0.25, 0.3) is 5.69 Å². The van der Waals surface area contributed by atoms with Gasteiger partial charge in [-0.05, 0) is 0 Å². The Morgan fingerprint density at radius 2 is 2.09 bits per heavy atom. The van der Waals surface area contributed by atoms with Gasteiger partial charge in [0.15, 0.2) is 5.78 Å². The molecule has 110 valence electrons. The minimum Gasteiger partial charge on any atom is -0.444 e. The standard InChI is InChI=1S/C15H11N3O4/c16-7-9-13(8-3-1-2-4-10(8)18(20)21)14-11(19)5-6-12(14)22-15(9)17/h1-4,13H,5-6,17H2. The molecular weight excluding hydrogens is 286 g/mol. The SMILES string of the molecule is N#CC1=C(N)OC2=C(C(=O)CC2)C1c1ccccc1[N+](=O)[O-]. The Bertz CT molecular complexity index is 801. The summed E-state index contributed by atoms with van der Waals surface area (Å²) in [7, 11) is 0. The van der Waals surface area contributed by atoms with Crippen molar-refractivity contribution in [3.63, 3.8) is 0 Å². The summed E-state index contributed by atoms with van der Waals surface area (Å²) < 4.78 is 5.36. The number of carbonyl (C=O) groups excluding carboxylic acids is 1. The number of carbonyl (C=O) groups is 1. The Hall–Kier alpha value is -3.14. The van der Waals surface area contributed by atoms with Gasteiger partial charge in [0.1, 0.15) is 17.4 Å². The maximum Gasteiger partial charge on any atom is 0.273 e. The Labute approximate surface area is 125 Å². The molecule has 2 N–H and O–H groups in total. The first-order chi connectivity index (χ1) is 10.5. The number of para-hydroxylation sites is 1. The van der Waals surface area contributed by atoms with Gasteiger partial charge in [-0.15, -0.1) is 0 Å². The van der Waals surface area contributed by atoms with Crippen LogP contribution >= 0.6 is 0 Å². The molecule has 0 spiro atoms. The van der Waals surface area contributed by atoms with Crippen LogP contribution in [-0.2, 0) is 9.53 Å². The number of nitrogens with two attached hydrogens (primary N) is 1. The van der Waals surface area contributed by atoms with Crippen molar-refractivity contribution in [2.45, 2.75) is 18.8 Å². The first-order valence-corrected chi connectivity index (χ1v) is 6.61. The van der Waals surface area contributed by atoms with Gasteiger partial charge in [-0.25, -0.2) is 0 Å². The first-order valence-electron chi connectivity index (χ1n) is 6.61. The monoisotopic (exact) mass is 297 g/mol. The summed E-state index contributed by atoms with van der Waals surface area (Å²) in [6.07, 6.45) is 0.651. The Kier molecular flexibility index (Phi) is 3.14. The summed E-state index contributed by atoms with van der Waals surface area (Å²) in [4.78, 5) is 22.9. The Morgan fingerprint density at radius 1 is 1.36 bits per heavy atom. The van der Waals surface area contributed by atoms with Gasteiger partial charge in [0, 0.05) is 30.0 Å². The summed E-state index contributed by atoms with van der Waals surface area (Å²) >= 11 is 0. The largest absolute Gasteiger partial charge is 0.444 e. The molecule has 1 aliphatic carbocycles. The van der Waals surface area contributed by atoms with E-state index in [2.05, 4.69) is 0 Å². The zero-order valence-electron chi connectivity index (χ0n) is 11.4. The fourth-order valence-corrected chi connectivity index (χ4v) is 2.88. The van der Waals surface area contributed by atoms with Gasteiger partial charge in [0.2, 0.25) is 5.88 Å². The summed E-state index contributed by atoms with van der Waals surface area (Å²) in [6, 6.07) is 7.96. The van der Waals surface area contributed by atoms with E-state index in [1.165, 1.54) is 18.2 Å². The number of allylic oxidation sites excluding steroid dienone is 3. The van der Waals surface area contributed by atoms with Crippen LogP contribution in [0.3, 0.4) is 0 Å². The second kappa shape index (κ2) is 5.00. The van der Waals surface area contributed by atoms with Gasteiger partial charge in [-0.2, -0.15) is 5.26 Å². The van der Waals surface area contributed by atoms with E-state index in [-0.39, 0.29) is 34.9 Å². The third-order valence-corrected chi connectivity index (χ3v) is 3.82. The molecular formula is C15H11N3O4. The molecule has 1 heterocycles. The minimum atomic E-state index is -0.842. The van der Waals surface area contributed by atoms with E-state index in [4.69, 9.17) is 10.5 Å². The molecule has 3 rings (SSSR count). The maximum absolute atomic E-state index is 12.2. The van der Waals surface area contributed by atoms with Crippen molar-refractivity contribution in [2.24, 2.45) is 5.73 Å². The van der Waals surface area contributed by atoms with Gasteiger partial charge >= 0.3 is 0 Å². The molecule has 2 aliphatic rings. The fourth-order valence-electron chi connectivity index (χ4n) is 2.88. The molecule has 0 aromatic heterocycles. The van der Waals surface area contributed by atoms with Crippen LogP contribution in [-0.4, -0.2) is 10.7 Å². The Balaban J connectivity index is 2.26. The van der Waals surface area contributed by atoms with Crippen LogP contribution in [0.2, 0.25) is 0 Å². The molecule has 0 saturated heterocycles. The maximum atomic E-state index is 12.2. The molecule has 1 unspecified atom stereocenters. The lowest BCUT2D eigenvalue weighted by molar-refractivity contribution is -0.385. The van der Waals surface area contributed by atoms with E-state index in [1.54, 1.807) is 6.07 Å². The number of ketones is 1. The van der Waals surface area contributed by atoms with E-state index in [1.807, 2.05) is 6.07 Å². The molecule has 0 saturated carbocycles. The van der Waals surface area contributed by atoms with Gasteiger partial charge in [0.05, 0.1) is 10.8 Å². The van der Waals surface area contributed by atoms with E-state index in [0.717, 1.165) is 0 Å². The minimum absolute atomic E-state index is 0.0308. The number of nitro benzene ring substituents is 1. The van der Waals surface area contributed by atoms with Crippen LogP contribution in [0.25, 0.3) is 0 Å². The van der Waals surface area contributed by atoms with Crippen LogP contribution in [0.1, 0.15) is 24.3 Å². The van der Waals surface area contributed by atoms with Crippen molar-refractivity contribution < 1.29 is 14.5 Å². The van der Waals surface area contributed by atoms with Gasteiger partial charge in [-0.1, -0.05) is 18.2 Å². The predicted molar refractivity (Wildman–Crippen MR) is 75.0 cm³/mol. The summed E-state index contributed by atoms with van der Waals surface area (Å²) in [5, 5.41) is 20.6. The molecule has 0 fully saturated rings. The first kappa shape index (κ1) is 13.8. The molecule has 0 radical (unpaired) electrons. The number of hydrogen-bond acceptors (Lipinski definition) is 6. The van der Waals surface area contributed by atoms with Crippen molar-refractivity contribution in [1.29, 1.82) is 5.26 Å². The lowest BCUT2D eigenvalue weighted by Gasteiger charge is -2.24. The lowest BCUT2D eigenvalue weighted by Crippen LogP contribution is -2.22. The molecule has 0 amide bonds. The van der Waals surface area contributed by atoms with E-state index < -0.39 is 10.8 Å². The lowest BCUT2D eigenvalue weighted by atomic mass is 9.82. The number of nitriles is 1. The summed E-state index contributed by atoms with van der Waals surface area (Å²) in [5.41, 5.74) is 6.23. The summed E-state index contributed by atoms with van der Waals surface area (Å²) in [6.45, 7) is 0.